The van der Waals surface area contributed by atoms with Gasteiger partial charge in [0.05, 0.1) is 11.7 Å². The van der Waals surface area contributed by atoms with E-state index in [-0.39, 0.29) is 6.10 Å². The predicted octanol–water partition coefficient (Wildman–Crippen LogP) is 8.39. The van der Waals surface area contributed by atoms with Crippen LogP contribution in [0.15, 0.2) is 0 Å². The number of rotatable bonds is 5. The van der Waals surface area contributed by atoms with Crippen molar-refractivity contribution in [1.29, 1.82) is 0 Å². The third-order valence-corrected chi connectivity index (χ3v) is 10.4. The van der Waals surface area contributed by atoms with E-state index in [0.29, 0.717) is 10.8 Å². The molecule has 0 spiro atoms. The van der Waals surface area contributed by atoms with Gasteiger partial charge in [-0.25, -0.2) is 0 Å². The van der Waals surface area contributed by atoms with E-state index in [1.165, 1.54) is 64.2 Å². The number of aliphatic hydroxyl groups excluding tert-OH is 1. The summed E-state index contributed by atoms with van der Waals surface area (Å²) in [7, 11) is 0. The van der Waals surface area contributed by atoms with Crippen LogP contribution in [-0.4, -0.2) is 21.9 Å². The molecule has 2 heteroatoms. The lowest BCUT2D eigenvalue weighted by atomic mass is 9.44. The Morgan fingerprint density at radius 3 is 2.06 bits per heavy atom. The molecular formula is C30H58O2. The van der Waals surface area contributed by atoms with E-state index in [2.05, 4.69) is 13.8 Å². The van der Waals surface area contributed by atoms with Gasteiger partial charge in [0.15, 0.2) is 0 Å². The molecular weight excluding hydrogens is 392 g/mol. The quantitative estimate of drug-likeness (QED) is 0.413. The molecule has 0 aromatic heterocycles. The summed E-state index contributed by atoms with van der Waals surface area (Å²) in [6.45, 7) is 17.2. The summed E-state index contributed by atoms with van der Waals surface area (Å²) in [5.41, 5.74) is 0.587. The topological polar surface area (TPSA) is 40.5 Å². The fraction of sp³-hybridized carbons (Fsp3) is 1.00. The molecule has 0 aromatic carbocycles. The highest BCUT2D eigenvalue weighted by atomic mass is 16.3. The Hall–Kier alpha value is -0.0800. The average Bonchev–Trinajstić information content (AvgIpc) is 3.10. The maximum Gasteiger partial charge on any atom is 0.0591 e. The van der Waals surface area contributed by atoms with Crippen LogP contribution in [0, 0.1) is 40.4 Å². The van der Waals surface area contributed by atoms with Crippen LogP contribution >= 0.6 is 0 Å². The molecule has 4 saturated carbocycles. The first-order chi connectivity index (χ1) is 15.1. The molecule has 0 aromatic rings. The monoisotopic (exact) mass is 450 g/mol. The van der Waals surface area contributed by atoms with Crippen LogP contribution in [-0.2, 0) is 0 Å². The Bertz CT molecular complexity index is 552. The molecule has 2 nitrogen and oxygen atoms in total. The average molecular weight is 451 g/mol. The van der Waals surface area contributed by atoms with E-state index in [0.717, 1.165) is 48.9 Å². The zero-order valence-electron chi connectivity index (χ0n) is 23.1. The predicted molar refractivity (Wildman–Crippen MR) is 139 cm³/mol. The Balaban J connectivity index is 0.000000860. The lowest BCUT2D eigenvalue weighted by Crippen LogP contribution is -2.53. The van der Waals surface area contributed by atoms with Crippen LogP contribution in [0.4, 0.5) is 0 Å². The number of fused-ring (bicyclic) bond motifs is 5. The Morgan fingerprint density at radius 1 is 0.781 bits per heavy atom. The Labute approximate surface area is 201 Å². The zero-order valence-corrected chi connectivity index (χ0v) is 23.1. The summed E-state index contributed by atoms with van der Waals surface area (Å²) in [6.07, 6.45) is 16.8. The SMILES string of the molecule is CC.CC.CC(C)(O)CCCCC1CCC2C3CC[C@H]4CC(O)CCC4(C)C3CCC12C. The molecule has 4 fully saturated rings. The molecule has 0 radical (unpaired) electrons. The van der Waals surface area contributed by atoms with Crippen molar-refractivity contribution < 1.29 is 10.2 Å². The van der Waals surface area contributed by atoms with Crippen LogP contribution < -0.4 is 0 Å². The summed E-state index contributed by atoms with van der Waals surface area (Å²) in [5, 5.41) is 20.2. The smallest absolute Gasteiger partial charge is 0.0591 e. The molecule has 0 amide bonds. The summed E-state index contributed by atoms with van der Waals surface area (Å²) in [4.78, 5) is 0. The highest BCUT2D eigenvalue weighted by Crippen LogP contribution is 2.67. The van der Waals surface area contributed by atoms with E-state index in [9.17, 15) is 10.2 Å². The first-order valence-electron chi connectivity index (χ1n) is 14.5. The fourth-order valence-electron chi connectivity index (χ4n) is 8.77. The third kappa shape index (κ3) is 5.76. The standard InChI is InChI=1S/C26H46O2.2C2H6/c1-24(2,28)14-6-5-7-18-9-11-22-21-10-8-19-17-20(27)12-15-26(19,4)23(21)13-16-25(18,22)3;2*1-2/h18-23,27-28H,5-17H2,1-4H3;2*1-2H3/t18?,19-,20?,21?,22?,23?,25?,26?;;/m0../s1. The van der Waals surface area contributed by atoms with Crippen molar-refractivity contribution >= 4 is 0 Å². The van der Waals surface area contributed by atoms with Crippen molar-refractivity contribution in [1.82, 2.24) is 0 Å². The van der Waals surface area contributed by atoms with Gasteiger partial charge in [-0.05, 0) is 125 Å². The van der Waals surface area contributed by atoms with Crippen molar-refractivity contribution in [2.24, 2.45) is 40.4 Å². The van der Waals surface area contributed by atoms with Gasteiger partial charge in [0.25, 0.3) is 0 Å². The highest BCUT2D eigenvalue weighted by Gasteiger charge is 2.59. The van der Waals surface area contributed by atoms with E-state index in [4.69, 9.17) is 0 Å². The summed E-state index contributed by atoms with van der Waals surface area (Å²) in [5.74, 6) is 4.53. The van der Waals surface area contributed by atoms with Gasteiger partial charge in [0.2, 0.25) is 0 Å². The number of aliphatic hydroxyl groups is 2. The summed E-state index contributed by atoms with van der Waals surface area (Å²) < 4.78 is 0. The second kappa shape index (κ2) is 11.6. The molecule has 0 aliphatic heterocycles. The minimum atomic E-state index is -0.498. The fourth-order valence-corrected chi connectivity index (χ4v) is 8.77. The van der Waals surface area contributed by atoms with Gasteiger partial charge in [-0.15, -0.1) is 0 Å². The molecule has 2 N–H and O–H groups in total. The third-order valence-electron chi connectivity index (χ3n) is 10.4. The zero-order chi connectivity index (χ0) is 24.2. The Morgan fingerprint density at radius 2 is 1.41 bits per heavy atom. The van der Waals surface area contributed by atoms with Crippen LogP contribution in [0.25, 0.3) is 0 Å². The maximum atomic E-state index is 10.2. The number of hydrogen-bond acceptors (Lipinski definition) is 2. The van der Waals surface area contributed by atoms with Crippen LogP contribution in [0.2, 0.25) is 0 Å². The van der Waals surface area contributed by atoms with Gasteiger partial charge in [-0.2, -0.15) is 0 Å². The first kappa shape index (κ1) is 28.2. The molecule has 4 aliphatic carbocycles. The molecule has 7 unspecified atom stereocenters. The van der Waals surface area contributed by atoms with Crippen molar-refractivity contribution in [3.05, 3.63) is 0 Å². The number of hydrogen-bond donors (Lipinski definition) is 2. The summed E-state index contributed by atoms with van der Waals surface area (Å²) in [6, 6.07) is 0. The molecule has 4 rings (SSSR count). The van der Waals surface area contributed by atoms with E-state index in [1.807, 2.05) is 41.5 Å². The van der Waals surface area contributed by atoms with Crippen LogP contribution in [0.1, 0.15) is 139 Å². The van der Waals surface area contributed by atoms with Gasteiger partial charge in [-0.3, -0.25) is 0 Å². The summed E-state index contributed by atoms with van der Waals surface area (Å²) >= 11 is 0. The minimum Gasteiger partial charge on any atom is -0.393 e. The molecule has 190 valence electrons. The van der Waals surface area contributed by atoms with Gasteiger partial charge >= 0.3 is 0 Å². The molecule has 32 heavy (non-hydrogen) atoms. The Kier molecular flexibility index (Phi) is 10.2. The highest BCUT2D eigenvalue weighted by molar-refractivity contribution is 5.09. The molecule has 0 saturated heterocycles. The van der Waals surface area contributed by atoms with Gasteiger partial charge in [0.1, 0.15) is 0 Å². The largest absolute Gasteiger partial charge is 0.393 e. The molecule has 0 bridgehead atoms. The maximum absolute atomic E-state index is 10.2. The molecule has 4 aliphatic rings. The van der Waals surface area contributed by atoms with Crippen molar-refractivity contribution in [3.63, 3.8) is 0 Å². The van der Waals surface area contributed by atoms with E-state index >= 15 is 0 Å². The van der Waals surface area contributed by atoms with E-state index < -0.39 is 5.60 Å². The lowest BCUT2D eigenvalue weighted by Gasteiger charge is -2.61. The van der Waals surface area contributed by atoms with Gasteiger partial charge in [-0.1, -0.05) is 54.4 Å². The second-order valence-electron chi connectivity index (χ2n) is 12.5. The second-order valence-corrected chi connectivity index (χ2v) is 12.5. The van der Waals surface area contributed by atoms with Gasteiger partial charge in [0, 0.05) is 0 Å². The first-order valence-corrected chi connectivity index (χ1v) is 14.5. The van der Waals surface area contributed by atoms with Gasteiger partial charge < -0.3 is 10.2 Å². The molecule has 0 heterocycles. The van der Waals surface area contributed by atoms with Crippen LogP contribution in [0.5, 0.6) is 0 Å². The normalized spacial score (nSPS) is 42.9. The molecule has 8 atom stereocenters. The van der Waals surface area contributed by atoms with Crippen LogP contribution in [0.3, 0.4) is 0 Å². The van der Waals surface area contributed by atoms with E-state index in [1.54, 1.807) is 0 Å². The number of unbranched alkanes of at least 4 members (excludes halogenated alkanes) is 1. The van der Waals surface area contributed by atoms with Crippen molar-refractivity contribution in [2.75, 3.05) is 0 Å². The minimum absolute atomic E-state index is 0.0248. The lowest BCUT2D eigenvalue weighted by molar-refractivity contribution is -0.127. The van der Waals surface area contributed by atoms with Crippen molar-refractivity contribution in [3.8, 4) is 0 Å². The van der Waals surface area contributed by atoms with Crippen molar-refractivity contribution in [2.45, 2.75) is 151 Å².